The van der Waals surface area contributed by atoms with Crippen molar-refractivity contribution in [1.29, 1.82) is 0 Å². The van der Waals surface area contributed by atoms with Crippen molar-refractivity contribution in [1.82, 2.24) is 0 Å². The van der Waals surface area contributed by atoms with Gasteiger partial charge in [-0.25, -0.2) is 0 Å². The molecule has 16 heavy (non-hydrogen) atoms. The molecule has 0 bridgehead atoms. The smallest absolute Gasteiger partial charge is 0.0846 e. The number of rotatable bonds is 2. The van der Waals surface area contributed by atoms with Crippen LogP contribution in [0.25, 0.3) is 11.1 Å². The van der Waals surface area contributed by atoms with Gasteiger partial charge >= 0.3 is 0 Å². The molecule has 1 aliphatic rings. The lowest BCUT2D eigenvalue weighted by Crippen LogP contribution is -2.17. The summed E-state index contributed by atoms with van der Waals surface area (Å²) < 4.78 is 6.64. The Morgan fingerprint density at radius 2 is 1.94 bits per heavy atom. The molecule has 1 aromatic heterocycles. The highest BCUT2D eigenvalue weighted by Crippen LogP contribution is 2.34. The van der Waals surface area contributed by atoms with Crippen LogP contribution in [0.15, 0.2) is 39.5 Å². The third-order valence-electron chi connectivity index (χ3n) is 2.91. The van der Waals surface area contributed by atoms with Crippen LogP contribution in [0.3, 0.4) is 0 Å². The normalized spacial score (nSPS) is 19.4. The highest BCUT2D eigenvalue weighted by Gasteiger charge is 2.19. The Bertz CT molecular complexity index is 485. The molecular formula is C13H11BrOS. The Morgan fingerprint density at radius 3 is 2.44 bits per heavy atom. The van der Waals surface area contributed by atoms with Gasteiger partial charge in [0.15, 0.2) is 0 Å². The molecule has 1 aliphatic heterocycles. The van der Waals surface area contributed by atoms with Crippen molar-refractivity contribution in [2.75, 3.05) is 6.61 Å². The highest BCUT2D eigenvalue weighted by molar-refractivity contribution is 9.10. The molecule has 0 aliphatic carbocycles. The zero-order chi connectivity index (χ0) is 11.0. The van der Waals surface area contributed by atoms with Gasteiger partial charge in [-0.15, -0.1) is 0 Å². The molecule has 1 unspecified atom stereocenters. The van der Waals surface area contributed by atoms with Crippen LogP contribution in [-0.2, 0) is 4.74 Å². The molecule has 1 saturated heterocycles. The van der Waals surface area contributed by atoms with Gasteiger partial charge in [-0.05, 0) is 32.4 Å². The van der Waals surface area contributed by atoms with Gasteiger partial charge in [0, 0.05) is 21.8 Å². The number of hydrogen-bond acceptors (Lipinski definition) is 2. The van der Waals surface area contributed by atoms with Crippen molar-refractivity contribution in [2.24, 2.45) is 0 Å². The second kappa shape index (κ2) is 4.32. The van der Waals surface area contributed by atoms with Crippen LogP contribution in [0.5, 0.6) is 0 Å². The van der Waals surface area contributed by atoms with Gasteiger partial charge in [0.1, 0.15) is 0 Å². The van der Waals surface area contributed by atoms with Crippen LogP contribution in [0, 0.1) is 0 Å². The zero-order valence-electron chi connectivity index (χ0n) is 8.65. The van der Waals surface area contributed by atoms with E-state index in [1.165, 1.54) is 21.2 Å². The first kappa shape index (κ1) is 10.5. The van der Waals surface area contributed by atoms with E-state index in [1.54, 1.807) is 11.3 Å². The van der Waals surface area contributed by atoms with E-state index in [-0.39, 0.29) is 0 Å². The summed E-state index contributed by atoms with van der Waals surface area (Å²) in [5.41, 5.74) is 3.82. The lowest BCUT2D eigenvalue weighted by Gasteiger charge is -2.26. The van der Waals surface area contributed by atoms with Crippen LogP contribution in [0.1, 0.15) is 18.1 Å². The predicted molar refractivity (Wildman–Crippen MR) is 70.8 cm³/mol. The minimum atomic E-state index is 0.333. The summed E-state index contributed by atoms with van der Waals surface area (Å²) in [6.45, 7) is 0.905. The monoisotopic (exact) mass is 294 g/mol. The van der Waals surface area contributed by atoms with E-state index in [0.717, 1.165) is 13.0 Å². The van der Waals surface area contributed by atoms with Crippen LogP contribution in [0.2, 0.25) is 0 Å². The molecule has 3 heteroatoms. The molecule has 0 saturated carbocycles. The van der Waals surface area contributed by atoms with Crippen molar-refractivity contribution in [3.8, 4) is 11.1 Å². The van der Waals surface area contributed by atoms with E-state index in [0.29, 0.717) is 6.10 Å². The molecule has 2 aromatic rings. The number of halogens is 1. The quantitative estimate of drug-likeness (QED) is 0.784. The Hall–Kier alpha value is -0.640. The first-order valence-corrected chi connectivity index (χ1v) is 7.02. The number of thiophene rings is 1. The fourth-order valence-corrected chi connectivity index (χ4v) is 3.40. The Balaban J connectivity index is 1.90. The van der Waals surface area contributed by atoms with Gasteiger partial charge in [0.2, 0.25) is 0 Å². The van der Waals surface area contributed by atoms with Crippen LogP contribution < -0.4 is 0 Å². The maximum atomic E-state index is 5.46. The largest absolute Gasteiger partial charge is 0.373 e. The van der Waals surface area contributed by atoms with Gasteiger partial charge in [-0.3, -0.25) is 0 Å². The lowest BCUT2D eigenvalue weighted by molar-refractivity contribution is -0.0527. The van der Waals surface area contributed by atoms with Gasteiger partial charge in [-0.2, -0.15) is 11.3 Å². The lowest BCUT2D eigenvalue weighted by atomic mass is 10.0. The molecule has 0 N–H and O–H groups in total. The minimum Gasteiger partial charge on any atom is -0.373 e. The summed E-state index contributed by atoms with van der Waals surface area (Å²) in [5, 5.41) is 4.28. The molecule has 1 atom stereocenters. The van der Waals surface area contributed by atoms with E-state index < -0.39 is 0 Å². The fourth-order valence-electron chi connectivity index (χ4n) is 1.86. The summed E-state index contributed by atoms with van der Waals surface area (Å²) in [5.74, 6) is 0. The minimum absolute atomic E-state index is 0.333. The topological polar surface area (TPSA) is 9.23 Å². The summed E-state index contributed by atoms with van der Waals surface area (Å²) >= 11 is 5.28. The second-order valence-corrected chi connectivity index (χ2v) is 5.50. The van der Waals surface area contributed by atoms with E-state index in [2.05, 4.69) is 51.0 Å². The molecule has 1 aromatic carbocycles. The Morgan fingerprint density at radius 1 is 1.19 bits per heavy atom. The Kier molecular flexibility index (Phi) is 2.84. The molecule has 0 spiro atoms. The second-order valence-electron chi connectivity index (χ2n) is 3.90. The predicted octanol–water partition coefficient (Wildman–Crippen LogP) is 4.64. The zero-order valence-corrected chi connectivity index (χ0v) is 11.1. The van der Waals surface area contributed by atoms with E-state index in [1.807, 2.05) is 0 Å². The van der Waals surface area contributed by atoms with Crippen molar-refractivity contribution >= 4 is 27.3 Å². The van der Waals surface area contributed by atoms with E-state index >= 15 is 0 Å². The first-order chi connectivity index (χ1) is 7.84. The van der Waals surface area contributed by atoms with Crippen LogP contribution in [-0.4, -0.2) is 6.61 Å². The molecule has 3 rings (SSSR count). The van der Waals surface area contributed by atoms with Gasteiger partial charge in [-0.1, -0.05) is 24.3 Å². The van der Waals surface area contributed by atoms with Gasteiger partial charge in [0.05, 0.1) is 12.7 Å². The summed E-state index contributed by atoms with van der Waals surface area (Å²) in [6.07, 6.45) is 1.49. The number of ether oxygens (including phenoxy) is 1. The summed E-state index contributed by atoms with van der Waals surface area (Å²) in [4.78, 5) is 0. The Labute approximate surface area is 107 Å². The average molecular weight is 295 g/mol. The maximum absolute atomic E-state index is 5.46. The van der Waals surface area contributed by atoms with Crippen molar-refractivity contribution in [2.45, 2.75) is 12.5 Å². The third-order valence-corrected chi connectivity index (χ3v) is 4.61. The maximum Gasteiger partial charge on any atom is 0.0846 e. The van der Waals surface area contributed by atoms with Gasteiger partial charge < -0.3 is 4.74 Å². The van der Waals surface area contributed by atoms with Gasteiger partial charge in [0.25, 0.3) is 0 Å². The molecule has 1 nitrogen and oxygen atoms in total. The summed E-state index contributed by atoms with van der Waals surface area (Å²) in [6, 6.07) is 8.68. The average Bonchev–Trinajstić information content (AvgIpc) is 2.63. The van der Waals surface area contributed by atoms with Crippen molar-refractivity contribution in [3.05, 3.63) is 45.1 Å². The molecular weight excluding hydrogens is 284 g/mol. The molecule has 82 valence electrons. The van der Waals surface area contributed by atoms with E-state index in [4.69, 9.17) is 4.74 Å². The van der Waals surface area contributed by atoms with Crippen LogP contribution in [0.4, 0.5) is 0 Å². The standard InChI is InChI=1S/C13H11BrOS/c14-12-8-16-7-11(12)9-1-3-10(4-2-9)13-5-6-15-13/h1-4,7-8,13H,5-6H2. The molecule has 2 heterocycles. The van der Waals surface area contributed by atoms with Crippen molar-refractivity contribution < 1.29 is 4.74 Å². The molecule has 0 radical (unpaired) electrons. The first-order valence-electron chi connectivity index (χ1n) is 5.28. The third kappa shape index (κ3) is 1.83. The van der Waals surface area contributed by atoms with Crippen molar-refractivity contribution in [3.63, 3.8) is 0 Å². The molecule has 0 amide bonds. The number of benzene rings is 1. The van der Waals surface area contributed by atoms with Crippen LogP contribution >= 0.6 is 27.3 Å². The highest BCUT2D eigenvalue weighted by atomic mass is 79.9. The molecule has 1 fully saturated rings. The summed E-state index contributed by atoms with van der Waals surface area (Å²) in [7, 11) is 0. The SMILES string of the molecule is Brc1cscc1-c1ccc(C2CCO2)cc1. The van der Waals surface area contributed by atoms with E-state index in [9.17, 15) is 0 Å². The fraction of sp³-hybridized carbons (Fsp3) is 0.231. The number of hydrogen-bond donors (Lipinski definition) is 0.